The van der Waals surface area contributed by atoms with Crippen LogP contribution in [0, 0.1) is 43.4 Å². The first-order valence-corrected chi connectivity index (χ1v) is 11.2. The van der Waals surface area contributed by atoms with Crippen LogP contribution in [0.3, 0.4) is 0 Å². The van der Waals surface area contributed by atoms with Crippen LogP contribution in [0.5, 0.6) is 5.75 Å². The minimum atomic E-state index is -1.23. The van der Waals surface area contributed by atoms with Gasteiger partial charge in [-0.05, 0) is 18.2 Å². The fourth-order valence-corrected chi connectivity index (χ4v) is 5.27. The lowest BCUT2D eigenvalue weighted by molar-refractivity contribution is -0.385. The number of allylic oxidation sites excluding steroid dienone is 2. The summed E-state index contributed by atoms with van der Waals surface area (Å²) in [6, 6.07) is 8.41. The quantitative estimate of drug-likeness (QED) is 0.240. The molecule has 0 N–H and O–H groups in total. The van der Waals surface area contributed by atoms with Gasteiger partial charge >= 0.3 is 0 Å². The Morgan fingerprint density at radius 1 is 1.03 bits per heavy atom. The predicted molar refractivity (Wildman–Crippen MR) is 129 cm³/mol. The zero-order valence-electron chi connectivity index (χ0n) is 19.6. The van der Waals surface area contributed by atoms with Gasteiger partial charge in [0.15, 0.2) is 5.78 Å². The number of nitrogens with zero attached hydrogens (tertiary/aromatic N) is 5. The molecule has 2 amide bonds. The number of nitro groups is 2. The molecule has 13 nitrogen and oxygen atoms in total. The monoisotopic (exact) mass is 515 g/mol. The average molecular weight is 515 g/mol. The molecule has 0 spiro atoms. The fraction of sp³-hybridized carbons (Fsp3) is 0.200. The summed E-state index contributed by atoms with van der Waals surface area (Å²) in [5.74, 6) is -4.43. The largest absolute Gasteiger partial charge is 0.495 e. The van der Waals surface area contributed by atoms with Crippen molar-refractivity contribution in [1.82, 2.24) is 4.90 Å². The summed E-state index contributed by atoms with van der Waals surface area (Å²) >= 11 is 0. The summed E-state index contributed by atoms with van der Waals surface area (Å²) in [5.41, 5.74) is -0.648. The number of hydrogen-bond acceptors (Lipinski definition) is 10. The Labute approximate surface area is 214 Å². The van der Waals surface area contributed by atoms with E-state index in [9.17, 15) is 39.9 Å². The molecule has 38 heavy (non-hydrogen) atoms. The number of hydrogen-bond donors (Lipinski definition) is 0. The van der Waals surface area contributed by atoms with Crippen molar-refractivity contribution in [1.29, 1.82) is 5.26 Å². The van der Waals surface area contributed by atoms with Crippen LogP contribution in [-0.4, -0.2) is 51.5 Å². The summed E-state index contributed by atoms with van der Waals surface area (Å²) in [7, 11) is 1.28. The van der Waals surface area contributed by atoms with Crippen LogP contribution in [0.1, 0.15) is 10.4 Å². The summed E-state index contributed by atoms with van der Waals surface area (Å²) in [6.07, 6.45) is 4.39. The van der Waals surface area contributed by atoms with Crippen molar-refractivity contribution in [3.8, 4) is 11.8 Å². The number of ketones is 1. The van der Waals surface area contributed by atoms with E-state index in [0.29, 0.717) is 0 Å². The van der Waals surface area contributed by atoms with E-state index in [1.807, 2.05) is 6.07 Å². The molecule has 5 rings (SSSR count). The molecule has 2 saturated heterocycles. The zero-order valence-corrected chi connectivity index (χ0v) is 19.6. The van der Waals surface area contributed by atoms with Crippen LogP contribution in [0.4, 0.5) is 17.1 Å². The van der Waals surface area contributed by atoms with E-state index >= 15 is 0 Å². The van der Waals surface area contributed by atoms with Crippen molar-refractivity contribution in [2.45, 2.75) is 12.1 Å². The molecule has 0 unspecified atom stereocenters. The standard InChI is InChI=1S/C25H17N5O8/c1-38-19-6-5-16(30(36)37)11-17(19)28-24(32)20-18-9-13(12-26)7-8-27(18)22(21(20)25(28)33)23(31)14-3-2-4-15(10-14)29(34)35/h2-11,18,20-22H,1H3/t18-,20-,21-,22+/m0/s1. The Balaban J connectivity index is 1.64. The lowest BCUT2D eigenvalue weighted by atomic mass is 9.86. The normalized spacial score (nSPS) is 23.4. The third kappa shape index (κ3) is 3.58. The number of Topliss-reactive ketones (excluding diaryl/α,β-unsaturated/α-hetero) is 1. The Kier molecular flexibility index (Phi) is 5.71. The van der Waals surface area contributed by atoms with Crippen molar-refractivity contribution >= 4 is 34.7 Å². The highest BCUT2D eigenvalue weighted by Crippen LogP contribution is 2.48. The molecule has 2 aromatic carbocycles. The Bertz CT molecular complexity index is 1540. The number of methoxy groups -OCH3 is 1. The van der Waals surface area contributed by atoms with Gasteiger partial charge in [0, 0.05) is 36.0 Å². The highest BCUT2D eigenvalue weighted by atomic mass is 16.6. The first kappa shape index (κ1) is 24.3. The van der Waals surface area contributed by atoms with Crippen molar-refractivity contribution < 1.29 is 29.0 Å². The van der Waals surface area contributed by atoms with Crippen LogP contribution in [0.15, 0.2) is 66.4 Å². The lowest BCUT2D eigenvalue weighted by Crippen LogP contribution is -2.46. The second-order valence-corrected chi connectivity index (χ2v) is 8.78. The van der Waals surface area contributed by atoms with Gasteiger partial charge in [-0.2, -0.15) is 5.26 Å². The van der Waals surface area contributed by atoms with Gasteiger partial charge < -0.3 is 9.64 Å². The predicted octanol–water partition coefficient (Wildman–Crippen LogP) is 2.53. The highest BCUT2D eigenvalue weighted by Gasteiger charge is 2.64. The van der Waals surface area contributed by atoms with Crippen LogP contribution in [-0.2, 0) is 9.59 Å². The Morgan fingerprint density at radius 2 is 1.71 bits per heavy atom. The summed E-state index contributed by atoms with van der Waals surface area (Å²) < 4.78 is 5.26. The molecule has 4 atom stereocenters. The number of imide groups is 1. The minimum Gasteiger partial charge on any atom is -0.495 e. The first-order chi connectivity index (χ1) is 18.2. The van der Waals surface area contributed by atoms with Crippen molar-refractivity contribution in [3.05, 3.63) is 92.2 Å². The number of ether oxygens (including phenoxy) is 1. The molecule has 0 saturated carbocycles. The van der Waals surface area contributed by atoms with E-state index < -0.39 is 51.4 Å². The van der Waals surface area contributed by atoms with Gasteiger partial charge in [0.2, 0.25) is 11.8 Å². The Morgan fingerprint density at radius 3 is 2.37 bits per heavy atom. The van der Waals surface area contributed by atoms with Crippen LogP contribution in [0.25, 0.3) is 0 Å². The summed E-state index contributed by atoms with van der Waals surface area (Å²) in [6.45, 7) is 0. The molecule has 3 aliphatic rings. The van der Waals surface area contributed by atoms with Gasteiger partial charge in [-0.3, -0.25) is 34.6 Å². The van der Waals surface area contributed by atoms with Crippen molar-refractivity contribution in [3.63, 3.8) is 0 Å². The van der Waals surface area contributed by atoms with Crippen LogP contribution < -0.4 is 9.64 Å². The van der Waals surface area contributed by atoms with E-state index in [-0.39, 0.29) is 33.9 Å². The summed E-state index contributed by atoms with van der Waals surface area (Å²) in [4.78, 5) is 65.0. The zero-order chi connectivity index (χ0) is 27.3. The number of nitro benzene ring substituents is 2. The molecule has 0 aromatic heterocycles. The number of carbonyl (C=O) groups excluding carboxylic acids is 3. The molecule has 190 valence electrons. The molecule has 3 heterocycles. The van der Waals surface area contributed by atoms with E-state index in [0.717, 1.165) is 17.0 Å². The van der Waals surface area contributed by atoms with E-state index in [1.165, 1.54) is 60.7 Å². The number of anilines is 1. The maximum Gasteiger partial charge on any atom is 0.271 e. The van der Waals surface area contributed by atoms with Gasteiger partial charge in [0.1, 0.15) is 17.5 Å². The molecule has 0 bridgehead atoms. The number of non-ortho nitro benzene ring substituents is 2. The number of amides is 2. The Hall–Kier alpha value is -5.38. The van der Waals surface area contributed by atoms with Crippen LogP contribution in [0.2, 0.25) is 0 Å². The average Bonchev–Trinajstić information content (AvgIpc) is 3.39. The smallest absolute Gasteiger partial charge is 0.271 e. The molecule has 0 aliphatic carbocycles. The molecular weight excluding hydrogens is 498 g/mol. The number of carbonyl (C=O) groups is 3. The molecule has 13 heteroatoms. The lowest BCUT2D eigenvalue weighted by Gasteiger charge is -2.32. The molecule has 2 aromatic rings. The van der Waals surface area contributed by atoms with Gasteiger partial charge in [-0.15, -0.1) is 0 Å². The van der Waals surface area contributed by atoms with Gasteiger partial charge in [-0.25, -0.2) is 4.90 Å². The van der Waals surface area contributed by atoms with E-state index in [2.05, 4.69) is 0 Å². The highest BCUT2D eigenvalue weighted by molar-refractivity contribution is 6.25. The van der Waals surface area contributed by atoms with Gasteiger partial charge in [0.05, 0.1) is 46.5 Å². The third-order valence-corrected chi connectivity index (χ3v) is 6.90. The van der Waals surface area contributed by atoms with Crippen molar-refractivity contribution in [2.75, 3.05) is 12.0 Å². The first-order valence-electron chi connectivity index (χ1n) is 11.2. The molecular formula is C25H17N5O8. The topological polar surface area (TPSA) is 177 Å². The third-order valence-electron chi connectivity index (χ3n) is 6.90. The number of rotatable bonds is 6. The summed E-state index contributed by atoms with van der Waals surface area (Å²) in [5, 5.41) is 32.1. The SMILES string of the molecule is COc1ccc([N+](=O)[O-])cc1N1C(=O)[C@@H]2[C@H](C1=O)[C@H](C(=O)c1cccc([N+](=O)[O-])c1)N1C=CC(C#N)=C[C@@H]21. The minimum absolute atomic E-state index is 0.0290. The van der Waals surface area contributed by atoms with E-state index in [4.69, 9.17) is 4.74 Å². The number of fused-ring (bicyclic) bond motifs is 3. The second-order valence-electron chi connectivity index (χ2n) is 8.78. The second kappa shape index (κ2) is 8.93. The van der Waals surface area contributed by atoms with Gasteiger partial charge in [0.25, 0.3) is 11.4 Å². The maximum atomic E-state index is 13.8. The molecule has 2 fully saturated rings. The molecule has 3 aliphatic heterocycles. The number of nitriles is 1. The fourth-order valence-electron chi connectivity index (χ4n) is 5.27. The van der Waals surface area contributed by atoms with Crippen LogP contribution >= 0.6 is 0 Å². The van der Waals surface area contributed by atoms with Gasteiger partial charge in [-0.1, -0.05) is 12.1 Å². The molecule has 0 radical (unpaired) electrons. The maximum absolute atomic E-state index is 13.8. The van der Waals surface area contributed by atoms with Crippen molar-refractivity contribution in [2.24, 2.45) is 11.8 Å². The van der Waals surface area contributed by atoms with E-state index in [1.54, 1.807) is 0 Å². The number of benzene rings is 2.